The average molecular weight is 276 g/mol. The molecule has 2 aromatic rings. The van der Waals surface area contributed by atoms with Gasteiger partial charge in [-0.1, -0.05) is 41.9 Å². The van der Waals surface area contributed by atoms with Gasteiger partial charge in [0.2, 0.25) is 0 Å². The molecule has 0 saturated heterocycles. The molecule has 0 amide bonds. The van der Waals surface area contributed by atoms with E-state index in [1.807, 2.05) is 30.3 Å². The SMILES string of the molecule is Cc1cccc(CCN)c1OCc1ccc(Cl)cc1. The van der Waals surface area contributed by atoms with Crippen molar-refractivity contribution < 1.29 is 4.74 Å². The first-order valence-electron chi connectivity index (χ1n) is 6.36. The molecule has 0 atom stereocenters. The Labute approximate surface area is 119 Å². The van der Waals surface area contributed by atoms with Gasteiger partial charge in [0.1, 0.15) is 12.4 Å². The van der Waals surface area contributed by atoms with Crippen LogP contribution < -0.4 is 10.5 Å². The zero-order chi connectivity index (χ0) is 13.7. The van der Waals surface area contributed by atoms with E-state index in [4.69, 9.17) is 22.1 Å². The predicted molar refractivity (Wildman–Crippen MR) is 79.7 cm³/mol. The third kappa shape index (κ3) is 3.72. The molecular weight excluding hydrogens is 258 g/mol. The quantitative estimate of drug-likeness (QED) is 0.902. The summed E-state index contributed by atoms with van der Waals surface area (Å²) >= 11 is 5.87. The summed E-state index contributed by atoms with van der Waals surface area (Å²) in [6.07, 6.45) is 0.831. The predicted octanol–water partition coefficient (Wildman–Crippen LogP) is 3.73. The highest BCUT2D eigenvalue weighted by molar-refractivity contribution is 6.30. The van der Waals surface area contributed by atoms with E-state index in [0.717, 1.165) is 33.9 Å². The number of hydrogen-bond acceptors (Lipinski definition) is 2. The second-order valence-electron chi connectivity index (χ2n) is 4.52. The van der Waals surface area contributed by atoms with Crippen LogP contribution in [-0.4, -0.2) is 6.54 Å². The first kappa shape index (κ1) is 13.9. The maximum Gasteiger partial charge on any atom is 0.125 e. The Morgan fingerprint density at radius 3 is 2.53 bits per heavy atom. The van der Waals surface area contributed by atoms with E-state index < -0.39 is 0 Å². The maximum atomic E-state index is 5.95. The minimum atomic E-state index is 0.541. The van der Waals surface area contributed by atoms with Crippen molar-refractivity contribution in [2.75, 3.05) is 6.54 Å². The maximum absolute atomic E-state index is 5.95. The topological polar surface area (TPSA) is 35.2 Å². The Bertz CT molecular complexity index is 537. The number of nitrogens with two attached hydrogens (primary N) is 1. The number of rotatable bonds is 5. The molecular formula is C16H18ClNO. The standard InChI is InChI=1S/C16H18ClNO/c1-12-3-2-4-14(9-10-18)16(12)19-11-13-5-7-15(17)8-6-13/h2-8H,9-11,18H2,1H3. The summed E-state index contributed by atoms with van der Waals surface area (Å²) in [4.78, 5) is 0. The van der Waals surface area contributed by atoms with E-state index in [9.17, 15) is 0 Å². The fraction of sp³-hybridized carbons (Fsp3) is 0.250. The summed E-state index contributed by atoms with van der Waals surface area (Å²) in [6, 6.07) is 13.9. The van der Waals surface area contributed by atoms with E-state index in [-0.39, 0.29) is 0 Å². The molecule has 0 heterocycles. The van der Waals surface area contributed by atoms with Crippen molar-refractivity contribution in [1.82, 2.24) is 0 Å². The fourth-order valence-electron chi connectivity index (χ4n) is 2.01. The normalized spacial score (nSPS) is 10.5. The minimum absolute atomic E-state index is 0.541. The van der Waals surface area contributed by atoms with Crippen LogP contribution in [-0.2, 0) is 13.0 Å². The van der Waals surface area contributed by atoms with Crippen molar-refractivity contribution in [2.45, 2.75) is 20.0 Å². The van der Waals surface area contributed by atoms with E-state index >= 15 is 0 Å². The zero-order valence-electron chi connectivity index (χ0n) is 11.0. The van der Waals surface area contributed by atoms with E-state index in [1.54, 1.807) is 0 Å². The molecule has 0 unspecified atom stereocenters. The van der Waals surface area contributed by atoms with Crippen molar-refractivity contribution >= 4 is 11.6 Å². The number of aryl methyl sites for hydroxylation is 1. The van der Waals surface area contributed by atoms with E-state index in [1.165, 1.54) is 0 Å². The largest absolute Gasteiger partial charge is 0.488 e. The molecule has 0 aliphatic carbocycles. The second kappa shape index (κ2) is 6.60. The first-order valence-corrected chi connectivity index (χ1v) is 6.74. The lowest BCUT2D eigenvalue weighted by atomic mass is 10.1. The molecule has 0 aliphatic heterocycles. The summed E-state index contributed by atoms with van der Waals surface area (Å²) in [5, 5.41) is 0.739. The molecule has 0 saturated carbocycles. The minimum Gasteiger partial charge on any atom is -0.488 e. The first-order chi connectivity index (χ1) is 9.20. The van der Waals surface area contributed by atoms with Crippen LogP contribution in [0.1, 0.15) is 16.7 Å². The van der Waals surface area contributed by atoms with Gasteiger partial charge in [0.15, 0.2) is 0 Å². The van der Waals surface area contributed by atoms with Crippen LogP contribution >= 0.6 is 11.6 Å². The molecule has 0 spiro atoms. The van der Waals surface area contributed by atoms with Gasteiger partial charge in [0.25, 0.3) is 0 Å². The summed E-state index contributed by atoms with van der Waals surface area (Å²) < 4.78 is 5.95. The van der Waals surface area contributed by atoms with Gasteiger partial charge in [0, 0.05) is 5.02 Å². The van der Waals surface area contributed by atoms with Crippen molar-refractivity contribution in [2.24, 2.45) is 5.73 Å². The second-order valence-corrected chi connectivity index (χ2v) is 4.95. The number of halogens is 1. The van der Waals surface area contributed by atoms with Crippen LogP contribution in [0.5, 0.6) is 5.75 Å². The Balaban J connectivity index is 2.12. The number of ether oxygens (including phenoxy) is 1. The van der Waals surface area contributed by atoms with Crippen molar-refractivity contribution in [3.8, 4) is 5.75 Å². The molecule has 0 radical (unpaired) electrons. The third-order valence-corrected chi connectivity index (χ3v) is 3.26. The number of benzene rings is 2. The zero-order valence-corrected chi connectivity index (χ0v) is 11.8. The lowest BCUT2D eigenvalue weighted by Gasteiger charge is -2.14. The van der Waals surface area contributed by atoms with Crippen molar-refractivity contribution in [3.05, 3.63) is 64.2 Å². The molecule has 2 rings (SSSR count). The Hall–Kier alpha value is -1.51. The van der Waals surface area contributed by atoms with Crippen molar-refractivity contribution in [3.63, 3.8) is 0 Å². The van der Waals surface area contributed by atoms with Gasteiger partial charge >= 0.3 is 0 Å². The van der Waals surface area contributed by atoms with Crippen LogP contribution in [0.25, 0.3) is 0 Å². The summed E-state index contributed by atoms with van der Waals surface area (Å²) in [7, 11) is 0. The molecule has 100 valence electrons. The van der Waals surface area contributed by atoms with Gasteiger partial charge in [-0.2, -0.15) is 0 Å². The van der Waals surface area contributed by atoms with Gasteiger partial charge in [-0.05, 0) is 48.7 Å². The molecule has 0 fully saturated rings. The summed E-state index contributed by atoms with van der Waals surface area (Å²) in [5.74, 6) is 0.947. The Kier molecular flexibility index (Phi) is 4.83. The summed E-state index contributed by atoms with van der Waals surface area (Å²) in [6.45, 7) is 3.22. The number of hydrogen-bond donors (Lipinski definition) is 1. The van der Waals surface area contributed by atoms with Crippen LogP contribution in [0.2, 0.25) is 5.02 Å². The molecule has 0 aromatic heterocycles. The van der Waals surface area contributed by atoms with Crippen LogP contribution in [0.3, 0.4) is 0 Å². The average Bonchev–Trinajstić information content (AvgIpc) is 2.40. The lowest BCUT2D eigenvalue weighted by molar-refractivity contribution is 0.301. The number of para-hydroxylation sites is 1. The fourth-order valence-corrected chi connectivity index (χ4v) is 2.13. The van der Waals surface area contributed by atoms with Gasteiger partial charge < -0.3 is 10.5 Å². The molecule has 0 bridgehead atoms. The third-order valence-electron chi connectivity index (χ3n) is 3.00. The van der Waals surface area contributed by atoms with E-state index in [0.29, 0.717) is 13.2 Å². The van der Waals surface area contributed by atoms with Gasteiger partial charge in [-0.15, -0.1) is 0 Å². The van der Waals surface area contributed by atoms with E-state index in [2.05, 4.69) is 19.1 Å². The highest BCUT2D eigenvalue weighted by Crippen LogP contribution is 2.25. The monoisotopic (exact) mass is 275 g/mol. The Morgan fingerprint density at radius 2 is 1.84 bits per heavy atom. The highest BCUT2D eigenvalue weighted by atomic mass is 35.5. The van der Waals surface area contributed by atoms with Crippen LogP contribution in [0.15, 0.2) is 42.5 Å². The molecule has 2 aromatic carbocycles. The smallest absolute Gasteiger partial charge is 0.125 e. The molecule has 19 heavy (non-hydrogen) atoms. The van der Waals surface area contributed by atoms with Gasteiger partial charge in [-0.3, -0.25) is 0 Å². The lowest BCUT2D eigenvalue weighted by Crippen LogP contribution is -2.06. The highest BCUT2D eigenvalue weighted by Gasteiger charge is 2.06. The Morgan fingerprint density at radius 1 is 1.11 bits per heavy atom. The molecule has 2 N–H and O–H groups in total. The van der Waals surface area contributed by atoms with Gasteiger partial charge in [-0.25, -0.2) is 0 Å². The van der Waals surface area contributed by atoms with Gasteiger partial charge in [0.05, 0.1) is 0 Å². The molecule has 3 heteroatoms. The van der Waals surface area contributed by atoms with Crippen LogP contribution in [0.4, 0.5) is 0 Å². The summed E-state index contributed by atoms with van der Waals surface area (Å²) in [5.41, 5.74) is 9.04. The van der Waals surface area contributed by atoms with Crippen LogP contribution in [0, 0.1) is 6.92 Å². The van der Waals surface area contributed by atoms with Crippen molar-refractivity contribution in [1.29, 1.82) is 0 Å². The molecule has 0 aliphatic rings. The molecule has 2 nitrogen and oxygen atoms in total.